The molecule has 0 amide bonds. The average molecular weight is 446 g/mol. The Bertz CT molecular complexity index is 706. The highest BCUT2D eigenvalue weighted by molar-refractivity contribution is 14.1. The molecule has 2 atom stereocenters. The number of nitrogens with zero attached hydrogens (tertiary/aromatic N) is 4. The Hall–Kier alpha value is -0.740. The number of fused-ring (bicyclic) bond motifs is 1. The molecule has 0 saturated carbocycles. The summed E-state index contributed by atoms with van der Waals surface area (Å²) in [4.78, 5) is 16.7. The van der Waals surface area contributed by atoms with E-state index in [4.69, 9.17) is 4.99 Å². The molecule has 22 heavy (non-hydrogen) atoms. The summed E-state index contributed by atoms with van der Waals surface area (Å²) in [7, 11) is 0. The second-order valence-electron chi connectivity index (χ2n) is 5.36. The molecule has 2 aliphatic rings. The zero-order valence-corrected chi connectivity index (χ0v) is 15.2. The number of aromatic nitrogens is 2. The van der Waals surface area contributed by atoms with Gasteiger partial charge < -0.3 is 4.90 Å². The summed E-state index contributed by atoms with van der Waals surface area (Å²) < 4.78 is 14.2. The van der Waals surface area contributed by atoms with Gasteiger partial charge in [-0.05, 0) is 34.0 Å². The Kier molecular flexibility index (Phi) is 3.85. The predicted octanol–water partition coefficient (Wildman–Crippen LogP) is 3.55. The second-order valence-corrected chi connectivity index (χ2v) is 9.07. The largest absolute Gasteiger partial charge is 0.338 e. The first-order valence-electron chi connectivity index (χ1n) is 6.82. The number of aliphatic imine (C=N–C) groups is 1. The van der Waals surface area contributed by atoms with Crippen molar-refractivity contribution >= 4 is 54.7 Å². The highest BCUT2D eigenvalue weighted by Gasteiger charge is 2.51. The van der Waals surface area contributed by atoms with Crippen LogP contribution in [0, 0.1) is 11.7 Å². The zero-order valence-electron chi connectivity index (χ0n) is 11.4. The molecule has 4 heterocycles. The molecule has 2 aromatic rings. The van der Waals surface area contributed by atoms with E-state index >= 15 is 0 Å². The minimum atomic E-state index is -0.406. The van der Waals surface area contributed by atoms with Gasteiger partial charge in [-0.2, -0.15) is 0 Å². The van der Waals surface area contributed by atoms with E-state index in [9.17, 15) is 4.39 Å². The monoisotopic (exact) mass is 446 g/mol. The molecular weight excluding hydrogens is 434 g/mol. The lowest BCUT2D eigenvalue weighted by molar-refractivity contribution is 0.397. The van der Waals surface area contributed by atoms with Crippen molar-refractivity contribution in [3.05, 3.63) is 40.6 Å². The summed E-state index contributed by atoms with van der Waals surface area (Å²) in [5, 5.41) is 2.10. The molecule has 0 spiro atoms. The Balaban J connectivity index is 1.73. The van der Waals surface area contributed by atoms with Gasteiger partial charge in [0, 0.05) is 23.1 Å². The van der Waals surface area contributed by atoms with Crippen molar-refractivity contribution in [2.45, 2.75) is 5.54 Å². The van der Waals surface area contributed by atoms with Crippen LogP contribution in [0.15, 0.2) is 34.9 Å². The van der Waals surface area contributed by atoms with E-state index in [1.54, 1.807) is 23.1 Å². The molecule has 1 fully saturated rings. The number of anilines is 1. The molecule has 2 aliphatic heterocycles. The molecule has 0 radical (unpaired) electrons. The molecule has 4 nitrogen and oxygen atoms in total. The average Bonchev–Trinajstić information content (AvgIpc) is 3.15. The molecule has 2 aromatic heterocycles. The van der Waals surface area contributed by atoms with E-state index in [0.29, 0.717) is 11.9 Å². The van der Waals surface area contributed by atoms with Gasteiger partial charge in [0.25, 0.3) is 0 Å². The number of thiophene rings is 1. The number of hydrogen-bond donors (Lipinski definition) is 0. The fourth-order valence-electron chi connectivity index (χ4n) is 3.06. The topological polar surface area (TPSA) is 41.4 Å². The number of halogens is 2. The van der Waals surface area contributed by atoms with Crippen LogP contribution in [0.4, 0.5) is 10.3 Å². The van der Waals surface area contributed by atoms with Gasteiger partial charge in [0.05, 0.1) is 18.9 Å². The lowest BCUT2D eigenvalue weighted by Gasteiger charge is -2.33. The molecule has 0 aromatic carbocycles. The first kappa shape index (κ1) is 14.8. The van der Waals surface area contributed by atoms with Gasteiger partial charge in [0.15, 0.2) is 5.82 Å². The second kappa shape index (κ2) is 5.72. The third-order valence-corrected chi connectivity index (χ3v) is 7.19. The van der Waals surface area contributed by atoms with Crippen molar-refractivity contribution in [1.82, 2.24) is 9.97 Å². The van der Waals surface area contributed by atoms with Gasteiger partial charge in [-0.3, -0.25) is 4.99 Å². The maximum absolute atomic E-state index is 13.1. The summed E-state index contributed by atoms with van der Waals surface area (Å²) in [6, 6.07) is 4.24. The van der Waals surface area contributed by atoms with Crippen LogP contribution in [-0.2, 0) is 5.54 Å². The summed E-state index contributed by atoms with van der Waals surface area (Å²) in [5.41, 5.74) is -0.215. The van der Waals surface area contributed by atoms with Crippen molar-refractivity contribution in [3.8, 4) is 0 Å². The third kappa shape index (κ3) is 2.44. The Labute approximate surface area is 149 Å². The van der Waals surface area contributed by atoms with Gasteiger partial charge in [-0.1, -0.05) is 17.8 Å². The number of thioether (sulfide) groups is 1. The van der Waals surface area contributed by atoms with Crippen LogP contribution in [0.25, 0.3) is 0 Å². The van der Waals surface area contributed by atoms with Crippen molar-refractivity contribution < 1.29 is 4.39 Å². The van der Waals surface area contributed by atoms with Crippen LogP contribution >= 0.6 is 45.7 Å². The normalized spacial score (nSPS) is 27.6. The van der Waals surface area contributed by atoms with Crippen LogP contribution in [0.3, 0.4) is 0 Å². The molecule has 0 unspecified atom stereocenters. The number of hydrogen-bond acceptors (Lipinski definition) is 6. The molecular formula is C14H12FIN4S2. The van der Waals surface area contributed by atoms with Crippen LogP contribution in [0.5, 0.6) is 0 Å². The zero-order chi connectivity index (χ0) is 15.2. The Morgan fingerprint density at radius 2 is 2.18 bits per heavy atom. The molecule has 0 N–H and O–H groups in total. The summed E-state index contributed by atoms with van der Waals surface area (Å²) in [6.45, 7) is 1.60. The van der Waals surface area contributed by atoms with Crippen LogP contribution in [0.1, 0.15) is 4.88 Å². The Morgan fingerprint density at radius 3 is 2.91 bits per heavy atom. The molecule has 0 bridgehead atoms. The van der Waals surface area contributed by atoms with Crippen LogP contribution in [-0.4, -0.2) is 31.9 Å². The highest BCUT2D eigenvalue weighted by Crippen LogP contribution is 2.48. The fraction of sp³-hybridized carbons (Fsp3) is 0.357. The van der Waals surface area contributed by atoms with Crippen molar-refractivity contribution in [1.29, 1.82) is 0 Å². The third-order valence-electron chi connectivity index (χ3n) is 4.08. The SMILES string of the molecule is Fc1cnc(N2C[C@H]3CSC(I)=N[C@@]3(c3cccs3)C2)nc1. The number of rotatable bonds is 2. The van der Waals surface area contributed by atoms with E-state index in [2.05, 4.69) is 55.0 Å². The minimum Gasteiger partial charge on any atom is -0.338 e. The van der Waals surface area contributed by atoms with Crippen LogP contribution in [0.2, 0.25) is 0 Å². The van der Waals surface area contributed by atoms with Crippen molar-refractivity contribution in [3.63, 3.8) is 0 Å². The maximum atomic E-state index is 13.1. The van der Waals surface area contributed by atoms with E-state index < -0.39 is 5.82 Å². The standard InChI is InChI=1S/C14H12FIN4S2/c15-10-4-17-13(18-5-10)20-6-9-7-22-12(16)19-14(9,8-20)11-2-1-3-21-11/h1-5,9H,6-8H2/t9-,14-/m0/s1. The van der Waals surface area contributed by atoms with E-state index in [1.807, 2.05) is 0 Å². The predicted molar refractivity (Wildman–Crippen MR) is 97.6 cm³/mol. The van der Waals surface area contributed by atoms with Gasteiger partial charge in [0.2, 0.25) is 5.95 Å². The van der Waals surface area contributed by atoms with Gasteiger partial charge in [-0.15, -0.1) is 11.3 Å². The highest BCUT2D eigenvalue weighted by atomic mass is 127. The van der Waals surface area contributed by atoms with Crippen molar-refractivity contribution in [2.24, 2.45) is 10.9 Å². The first-order valence-corrected chi connectivity index (χ1v) is 9.76. The lowest BCUT2D eigenvalue weighted by atomic mass is 9.87. The summed E-state index contributed by atoms with van der Waals surface area (Å²) in [5.74, 6) is 1.64. The summed E-state index contributed by atoms with van der Waals surface area (Å²) >= 11 is 5.87. The molecule has 1 saturated heterocycles. The minimum absolute atomic E-state index is 0.215. The lowest BCUT2D eigenvalue weighted by Crippen LogP contribution is -2.37. The van der Waals surface area contributed by atoms with Gasteiger partial charge in [-0.25, -0.2) is 14.4 Å². The van der Waals surface area contributed by atoms with E-state index in [-0.39, 0.29) is 5.54 Å². The van der Waals surface area contributed by atoms with Crippen LogP contribution < -0.4 is 4.90 Å². The maximum Gasteiger partial charge on any atom is 0.225 e. The summed E-state index contributed by atoms with van der Waals surface area (Å²) in [6.07, 6.45) is 2.45. The van der Waals surface area contributed by atoms with Crippen molar-refractivity contribution in [2.75, 3.05) is 23.7 Å². The fourth-order valence-corrected chi connectivity index (χ4v) is 5.92. The molecule has 8 heteroatoms. The van der Waals surface area contributed by atoms with E-state index in [0.717, 1.165) is 21.9 Å². The first-order chi connectivity index (χ1) is 10.7. The van der Waals surface area contributed by atoms with E-state index in [1.165, 1.54) is 17.3 Å². The van der Waals surface area contributed by atoms with Gasteiger partial charge in [0.1, 0.15) is 8.59 Å². The quantitative estimate of drug-likeness (QED) is 0.662. The smallest absolute Gasteiger partial charge is 0.225 e. The molecule has 4 rings (SSSR count). The molecule has 0 aliphatic carbocycles. The molecule has 114 valence electrons. The van der Waals surface area contributed by atoms with Gasteiger partial charge >= 0.3 is 0 Å². The Morgan fingerprint density at radius 1 is 1.36 bits per heavy atom.